The lowest BCUT2D eigenvalue weighted by Gasteiger charge is -2.33. The minimum atomic E-state index is -0.419. The van der Waals surface area contributed by atoms with Crippen LogP contribution in [-0.2, 0) is 16.1 Å². The molecule has 1 N–H and O–H groups in total. The molecule has 0 aromatic heterocycles. The Morgan fingerprint density at radius 3 is 2.74 bits per heavy atom. The van der Waals surface area contributed by atoms with Crippen LogP contribution < -0.4 is 5.32 Å². The monoisotopic (exact) mass is 318 g/mol. The maximum atomic E-state index is 12.1. The topological polar surface area (TPSA) is 58.6 Å². The van der Waals surface area contributed by atoms with E-state index >= 15 is 0 Å². The number of ether oxygens (including phenoxy) is 1. The Balaban J connectivity index is 1.76. The highest BCUT2D eigenvalue weighted by molar-refractivity contribution is 5.76. The number of alkyl carbamates (subject to hydrolysis) is 1. The molecule has 5 nitrogen and oxygen atoms in total. The number of likely N-dealkylation sites (tertiary alicyclic amines) is 1. The highest BCUT2D eigenvalue weighted by Crippen LogP contribution is 2.13. The maximum Gasteiger partial charge on any atom is 0.407 e. The third-order valence-electron chi connectivity index (χ3n) is 3.89. The summed E-state index contributed by atoms with van der Waals surface area (Å²) in [6.45, 7) is 5.70. The third-order valence-corrected chi connectivity index (χ3v) is 3.89. The molecule has 1 aromatic carbocycles. The van der Waals surface area contributed by atoms with Crippen LogP contribution in [-0.4, -0.2) is 36.0 Å². The molecule has 126 valence electrons. The van der Waals surface area contributed by atoms with E-state index in [1.54, 1.807) is 0 Å². The summed E-state index contributed by atoms with van der Waals surface area (Å²) in [6.07, 6.45) is 1.93. The van der Waals surface area contributed by atoms with Crippen molar-refractivity contribution >= 4 is 12.0 Å². The van der Waals surface area contributed by atoms with Crippen molar-refractivity contribution in [2.45, 2.75) is 45.8 Å². The van der Waals surface area contributed by atoms with Crippen LogP contribution in [0.5, 0.6) is 0 Å². The zero-order valence-corrected chi connectivity index (χ0v) is 14.0. The molecular formula is C18H26N2O3. The number of nitrogens with one attached hydrogen (secondary N) is 1. The molecule has 1 unspecified atom stereocenters. The molecule has 23 heavy (non-hydrogen) atoms. The predicted molar refractivity (Wildman–Crippen MR) is 88.8 cm³/mol. The van der Waals surface area contributed by atoms with E-state index in [1.165, 1.54) is 0 Å². The number of amides is 2. The van der Waals surface area contributed by atoms with Crippen molar-refractivity contribution in [1.29, 1.82) is 0 Å². The van der Waals surface area contributed by atoms with Crippen LogP contribution in [0.3, 0.4) is 0 Å². The second-order valence-electron chi connectivity index (χ2n) is 6.48. The molecule has 0 radical (unpaired) electrons. The quantitative estimate of drug-likeness (QED) is 0.908. The fraction of sp³-hybridized carbons (Fsp3) is 0.556. The second-order valence-corrected chi connectivity index (χ2v) is 6.48. The SMILES string of the molecule is CC(C)CC(=O)N1CCCC(NC(=O)OCc2ccccc2)C1. The lowest BCUT2D eigenvalue weighted by Crippen LogP contribution is -2.49. The van der Waals surface area contributed by atoms with Gasteiger partial charge in [-0.05, 0) is 24.3 Å². The van der Waals surface area contributed by atoms with Crippen molar-refractivity contribution in [2.75, 3.05) is 13.1 Å². The first-order valence-corrected chi connectivity index (χ1v) is 8.29. The van der Waals surface area contributed by atoms with E-state index in [4.69, 9.17) is 4.74 Å². The molecule has 2 amide bonds. The van der Waals surface area contributed by atoms with Gasteiger partial charge >= 0.3 is 6.09 Å². The summed E-state index contributed by atoms with van der Waals surface area (Å²) in [6, 6.07) is 9.56. The number of carbonyl (C=O) groups excluding carboxylic acids is 2. The van der Waals surface area contributed by atoms with Crippen molar-refractivity contribution in [3.05, 3.63) is 35.9 Å². The Morgan fingerprint density at radius 2 is 2.04 bits per heavy atom. The van der Waals surface area contributed by atoms with E-state index in [2.05, 4.69) is 5.32 Å². The van der Waals surface area contributed by atoms with Crippen LogP contribution in [0, 0.1) is 5.92 Å². The number of hydrogen-bond acceptors (Lipinski definition) is 3. The van der Waals surface area contributed by atoms with Gasteiger partial charge in [0, 0.05) is 25.6 Å². The average molecular weight is 318 g/mol. The molecule has 0 spiro atoms. The summed E-state index contributed by atoms with van der Waals surface area (Å²) in [7, 11) is 0. The Bertz CT molecular complexity index is 516. The first kappa shape index (κ1) is 17.3. The van der Waals surface area contributed by atoms with Crippen molar-refractivity contribution < 1.29 is 14.3 Å². The molecule has 5 heteroatoms. The van der Waals surface area contributed by atoms with Crippen LogP contribution in [0.15, 0.2) is 30.3 Å². The summed E-state index contributed by atoms with van der Waals surface area (Å²) in [4.78, 5) is 25.9. The Labute approximate surface area is 138 Å². The zero-order chi connectivity index (χ0) is 16.7. The standard InChI is InChI=1S/C18H26N2O3/c1-14(2)11-17(21)20-10-6-9-16(12-20)19-18(22)23-13-15-7-4-3-5-8-15/h3-5,7-8,14,16H,6,9-13H2,1-2H3,(H,19,22). The molecule has 1 heterocycles. The van der Waals surface area contributed by atoms with Gasteiger partial charge in [0.25, 0.3) is 0 Å². The fourth-order valence-corrected chi connectivity index (χ4v) is 2.73. The van der Waals surface area contributed by atoms with Crippen LogP contribution in [0.4, 0.5) is 4.79 Å². The lowest BCUT2D eigenvalue weighted by molar-refractivity contribution is -0.133. The molecule has 1 atom stereocenters. The predicted octanol–water partition coefficient (Wildman–Crippen LogP) is 2.95. The molecule has 1 fully saturated rings. The van der Waals surface area contributed by atoms with Crippen LogP contribution in [0.1, 0.15) is 38.7 Å². The number of piperidine rings is 1. The molecule has 1 aliphatic rings. The van der Waals surface area contributed by atoms with E-state index in [-0.39, 0.29) is 18.6 Å². The second kappa shape index (κ2) is 8.56. The Hall–Kier alpha value is -2.04. The van der Waals surface area contributed by atoms with E-state index in [1.807, 2.05) is 49.1 Å². The average Bonchev–Trinajstić information content (AvgIpc) is 2.53. The van der Waals surface area contributed by atoms with Gasteiger partial charge in [-0.15, -0.1) is 0 Å². The van der Waals surface area contributed by atoms with Crippen LogP contribution in [0.2, 0.25) is 0 Å². The van der Waals surface area contributed by atoms with E-state index in [0.29, 0.717) is 18.9 Å². The molecular weight excluding hydrogens is 292 g/mol. The van der Waals surface area contributed by atoms with Gasteiger partial charge in [0.05, 0.1) is 0 Å². The van der Waals surface area contributed by atoms with E-state index in [9.17, 15) is 9.59 Å². The number of hydrogen-bond donors (Lipinski definition) is 1. The minimum Gasteiger partial charge on any atom is -0.445 e. The number of benzene rings is 1. The molecule has 1 aromatic rings. The minimum absolute atomic E-state index is 0.0249. The highest BCUT2D eigenvalue weighted by Gasteiger charge is 2.25. The summed E-state index contributed by atoms with van der Waals surface area (Å²) in [5, 5.41) is 2.87. The van der Waals surface area contributed by atoms with Gasteiger partial charge in [-0.25, -0.2) is 4.79 Å². The fourth-order valence-electron chi connectivity index (χ4n) is 2.73. The highest BCUT2D eigenvalue weighted by atomic mass is 16.5. The number of nitrogens with zero attached hydrogens (tertiary/aromatic N) is 1. The first-order valence-electron chi connectivity index (χ1n) is 8.29. The van der Waals surface area contributed by atoms with Gasteiger partial charge in [-0.1, -0.05) is 44.2 Å². The van der Waals surface area contributed by atoms with Gasteiger partial charge in [-0.3, -0.25) is 4.79 Å². The molecule has 1 aliphatic heterocycles. The third kappa shape index (κ3) is 5.93. The molecule has 0 bridgehead atoms. The van der Waals surface area contributed by atoms with Gasteiger partial charge in [0.1, 0.15) is 6.61 Å². The molecule has 1 saturated heterocycles. The molecule has 2 rings (SSSR count). The van der Waals surface area contributed by atoms with Crippen molar-refractivity contribution in [2.24, 2.45) is 5.92 Å². The van der Waals surface area contributed by atoms with Gasteiger partial charge in [0.2, 0.25) is 5.91 Å². The summed E-state index contributed by atoms with van der Waals surface area (Å²) in [5.74, 6) is 0.524. The smallest absolute Gasteiger partial charge is 0.407 e. The zero-order valence-electron chi connectivity index (χ0n) is 14.0. The van der Waals surface area contributed by atoms with Crippen molar-refractivity contribution in [3.8, 4) is 0 Å². The summed E-state index contributed by atoms with van der Waals surface area (Å²) in [5.41, 5.74) is 0.958. The van der Waals surface area contributed by atoms with E-state index in [0.717, 1.165) is 24.9 Å². The number of rotatable bonds is 5. The lowest BCUT2D eigenvalue weighted by atomic mass is 10.0. The van der Waals surface area contributed by atoms with E-state index < -0.39 is 6.09 Å². The summed E-state index contributed by atoms with van der Waals surface area (Å²) >= 11 is 0. The Kier molecular flexibility index (Phi) is 6.44. The van der Waals surface area contributed by atoms with Crippen LogP contribution >= 0.6 is 0 Å². The normalized spacial score (nSPS) is 17.9. The maximum absolute atomic E-state index is 12.1. The number of carbonyl (C=O) groups is 2. The summed E-state index contributed by atoms with van der Waals surface area (Å²) < 4.78 is 5.24. The molecule has 0 aliphatic carbocycles. The van der Waals surface area contributed by atoms with Gasteiger partial charge in [-0.2, -0.15) is 0 Å². The van der Waals surface area contributed by atoms with Gasteiger partial charge < -0.3 is 15.0 Å². The largest absolute Gasteiger partial charge is 0.445 e. The van der Waals surface area contributed by atoms with Gasteiger partial charge in [0.15, 0.2) is 0 Å². The van der Waals surface area contributed by atoms with Crippen LogP contribution in [0.25, 0.3) is 0 Å². The first-order chi connectivity index (χ1) is 11.0. The Morgan fingerprint density at radius 1 is 1.30 bits per heavy atom. The van der Waals surface area contributed by atoms with Crippen molar-refractivity contribution in [3.63, 3.8) is 0 Å². The van der Waals surface area contributed by atoms with Crippen molar-refractivity contribution in [1.82, 2.24) is 10.2 Å². The molecule has 0 saturated carbocycles.